The van der Waals surface area contributed by atoms with Crippen LogP contribution in [0.2, 0.25) is 0 Å². The third kappa shape index (κ3) is 2.50. The zero-order valence-corrected chi connectivity index (χ0v) is 12.5. The fourth-order valence-corrected chi connectivity index (χ4v) is 2.74. The van der Waals surface area contributed by atoms with Gasteiger partial charge in [-0.3, -0.25) is 0 Å². The van der Waals surface area contributed by atoms with Gasteiger partial charge in [0.05, 0.1) is 20.8 Å². The first-order valence-electron chi connectivity index (χ1n) is 7.02. The van der Waals surface area contributed by atoms with Crippen LogP contribution in [0.4, 0.5) is 0 Å². The molecule has 0 aromatic heterocycles. The highest BCUT2D eigenvalue weighted by Crippen LogP contribution is 2.40. The van der Waals surface area contributed by atoms with Crippen LogP contribution >= 0.6 is 0 Å². The van der Waals surface area contributed by atoms with Gasteiger partial charge in [0.25, 0.3) is 0 Å². The number of methoxy groups -OCH3 is 2. The summed E-state index contributed by atoms with van der Waals surface area (Å²) in [7, 11) is 3.04. The Labute approximate surface area is 128 Å². The summed E-state index contributed by atoms with van der Waals surface area (Å²) in [6.07, 6.45) is 0.748. The summed E-state index contributed by atoms with van der Waals surface area (Å²) in [5.41, 5.74) is 1.96. The highest BCUT2D eigenvalue weighted by Gasteiger charge is 2.24. The molecule has 0 saturated carbocycles. The van der Waals surface area contributed by atoms with E-state index in [-0.39, 0.29) is 17.4 Å². The molecule has 2 aromatic carbocycles. The molecule has 0 fully saturated rings. The summed E-state index contributed by atoms with van der Waals surface area (Å²) in [4.78, 5) is 0. The first-order chi connectivity index (χ1) is 10.6. The van der Waals surface area contributed by atoms with Gasteiger partial charge in [0, 0.05) is 12.0 Å². The van der Waals surface area contributed by atoms with Gasteiger partial charge >= 0.3 is 0 Å². The normalized spacial score (nSPS) is 16.5. The number of phenolic OH excluding ortho intramolecular Hbond substituents is 2. The topological polar surface area (TPSA) is 68.2 Å². The van der Waals surface area contributed by atoms with Gasteiger partial charge in [0.2, 0.25) is 0 Å². The number of rotatable bonds is 3. The zero-order valence-electron chi connectivity index (χ0n) is 12.5. The van der Waals surface area contributed by atoms with Crippen LogP contribution in [0.15, 0.2) is 30.3 Å². The van der Waals surface area contributed by atoms with Crippen LogP contribution in [0.25, 0.3) is 0 Å². The Kier molecular flexibility index (Phi) is 3.71. The SMILES string of the molecule is COc1ccc(C2COc3cc(O)c(OC)cc3C2)cc1O. The van der Waals surface area contributed by atoms with Crippen molar-refractivity contribution in [3.63, 3.8) is 0 Å². The second kappa shape index (κ2) is 5.67. The van der Waals surface area contributed by atoms with Crippen molar-refractivity contribution in [3.05, 3.63) is 41.5 Å². The van der Waals surface area contributed by atoms with Gasteiger partial charge in [-0.2, -0.15) is 0 Å². The van der Waals surface area contributed by atoms with Crippen LogP contribution in [0, 0.1) is 0 Å². The third-order valence-electron chi connectivity index (χ3n) is 3.94. The summed E-state index contributed by atoms with van der Waals surface area (Å²) >= 11 is 0. The molecule has 2 N–H and O–H groups in total. The molecular weight excluding hydrogens is 284 g/mol. The lowest BCUT2D eigenvalue weighted by Gasteiger charge is -2.26. The van der Waals surface area contributed by atoms with Gasteiger partial charge in [-0.1, -0.05) is 6.07 Å². The quantitative estimate of drug-likeness (QED) is 0.912. The predicted octanol–water partition coefficient (Wildman–Crippen LogP) is 2.83. The summed E-state index contributed by atoms with van der Waals surface area (Å²) < 4.78 is 15.9. The Morgan fingerprint density at radius 3 is 2.41 bits per heavy atom. The number of fused-ring (bicyclic) bond motifs is 1. The molecule has 0 aliphatic carbocycles. The van der Waals surface area contributed by atoms with Gasteiger partial charge in [-0.25, -0.2) is 0 Å². The maximum atomic E-state index is 9.92. The second-order valence-corrected chi connectivity index (χ2v) is 5.28. The highest BCUT2D eigenvalue weighted by molar-refractivity contribution is 5.52. The van der Waals surface area contributed by atoms with E-state index in [0.29, 0.717) is 23.9 Å². The summed E-state index contributed by atoms with van der Waals surface area (Å²) in [6, 6.07) is 8.75. The van der Waals surface area contributed by atoms with E-state index >= 15 is 0 Å². The molecule has 1 aliphatic rings. The van der Waals surface area contributed by atoms with E-state index in [2.05, 4.69) is 0 Å². The lowest BCUT2D eigenvalue weighted by molar-refractivity contribution is 0.259. The highest BCUT2D eigenvalue weighted by atomic mass is 16.5. The van der Waals surface area contributed by atoms with Crippen LogP contribution in [0.5, 0.6) is 28.7 Å². The molecule has 0 saturated heterocycles. The lowest BCUT2D eigenvalue weighted by Crippen LogP contribution is -2.19. The Balaban J connectivity index is 1.89. The molecule has 22 heavy (non-hydrogen) atoms. The zero-order chi connectivity index (χ0) is 15.7. The summed E-state index contributed by atoms with van der Waals surface area (Å²) in [5, 5.41) is 19.7. The average molecular weight is 302 g/mol. The van der Waals surface area contributed by atoms with E-state index in [9.17, 15) is 10.2 Å². The maximum Gasteiger partial charge on any atom is 0.161 e. The molecule has 1 unspecified atom stereocenters. The summed E-state index contributed by atoms with van der Waals surface area (Å²) in [6.45, 7) is 0.491. The van der Waals surface area contributed by atoms with Crippen molar-refractivity contribution in [2.24, 2.45) is 0 Å². The molecule has 116 valence electrons. The van der Waals surface area contributed by atoms with E-state index in [1.54, 1.807) is 24.3 Å². The van der Waals surface area contributed by atoms with Gasteiger partial charge in [-0.05, 0) is 35.7 Å². The fraction of sp³-hybridized carbons (Fsp3) is 0.294. The first-order valence-corrected chi connectivity index (χ1v) is 7.02. The molecule has 1 aliphatic heterocycles. The second-order valence-electron chi connectivity index (χ2n) is 5.28. The molecule has 1 atom stereocenters. The molecule has 3 rings (SSSR count). The summed E-state index contributed by atoms with van der Waals surface area (Å²) in [5.74, 6) is 1.87. The van der Waals surface area contributed by atoms with Crippen molar-refractivity contribution < 1.29 is 24.4 Å². The number of phenols is 2. The van der Waals surface area contributed by atoms with Gasteiger partial charge in [-0.15, -0.1) is 0 Å². The Bertz CT molecular complexity index is 696. The van der Waals surface area contributed by atoms with Gasteiger partial charge < -0.3 is 24.4 Å². The maximum absolute atomic E-state index is 9.92. The van der Waals surface area contributed by atoms with Gasteiger partial charge in [0.15, 0.2) is 23.0 Å². The molecule has 5 nitrogen and oxygen atoms in total. The smallest absolute Gasteiger partial charge is 0.161 e. The van der Waals surface area contributed by atoms with E-state index < -0.39 is 0 Å². The number of aromatic hydroxyl groups is 2. The number of benzene rings is 2. The van der Waals surface area contributed by atoms with E-state index in [1.165, 1.54) is 14.2 Å². The van der Waals surface area contributed by atoms with E-state index in [1.807, 2.05) is 6.07 Å². The molecule has 0 bridgehead atoms. The van der Waals surface area contributed by atoms with Crippen LogP contribution in [0.1, 0.15) is 17.0 Å². The largest absolute Gasteiger partial charge is 0.504 e. The molecule has 0 amide bonds. The van der Waals surface area contributed by atoms with Crippen molar-refractivity contribution in [1.29, 1.82) is 0 Å². The number of hydrogen-bond donors (Lipinski definition) is 2. The minimum Gasteiger partial charge on any atom is -0.504 e. The average Bonchev–Trinajstić information content (AvgIpc) is 2.53. The van der Waals surface area contributed by atoms with Crippen LogP contribution < -0.4 is 14.2 Å². The lowest BCUT2D eigenvalue weighted by atomic mass is 9.90. The minimum absolute atomic E-state index is 0.0711. The van der Waals surface area contributed by atoms with E-state index in [0.717, 1.165) is 17.5 Å². The van der Waals surface area contributed by atoms with Crippen molar-refractivity contribution in [1.82, 2.24) is 0 Å². The Hall–Kier alpha value is -2.56. The number of ether oxygens (including phenoxy) is 3. The standard InChI is InChI=1S/C17H18O5/c1-20-15-4-3-10(6-13(15)18)12-5-11-7-17(21-2)14(19)8-16(11)22-9-12/h3-4,6-8,12,18-19H,5,9H2,1-2H3. The predicted molar refractivity (Wildman–Crippen MR) is 81.3 cm³/mol. The molecule has 0 spiro atoms. The van der Waals surface area contributed by atoms with Crippen molar-refractivity contribution in [2.45, 2.75) is 12.3 Å². The molecule has 5 heteroatoms. The molecular formula is C17H18O5. The van der Waals surface area contributed by atoms with E-state index in [4.69, 9.17) is 14.2 Å². The monoisotopic (exact) mass is 302 g/mol. The molecule has 0 radical (unpaired) electrons. The van der Waals surface area contributed by atoms with Crippen LogP contribution in [0.3, 0.4) is 0 Å². The third-order valence-corrected chi connectivity index (χ3v) is 3.94. The Morgan fingerprint density at radius 1 is 1.00 bits per heavy atom. The van der Waals surface area contributed by atoms with Crippen molar-refractivity contribution >= 4 is 0 Å². The minimum atomic E-state index is 0.0711. The number of hydrogen-bond acceptors (Lipinski definition) is 5. The molecule has 1 heterocycles. The van der Waals surface area contributed by atoms with Crippen molar-refractivity contribution in [3.8, 4) is 28.7 Å². The molecule has 2 aromatic rings. The van der Waals surface area contributed by atoms with Crippen molar-refractivity contribution in [2.75, 3.05) is 20.8 Å². The first kappa shape index (κ1) is 14.4. The Morgan fingerprint density at radius 2 is 1.73 bits per heavy atom. The van der Waals surface area contributed by atoms with Crippen LogP contribution in [-0.4, -0.2) is 31.0 Å². The van der Waals surface area contributed by atoms with Crippen LogP contribution in [-0.2, 0) is 6.42 Å². The fourth-order valence-electron chi connectivity index (χ4n) is 2.74. The van der Waals surface area contributed by atoms with Gasteiger partial charge in [0.1, 0.15) is 5.75 Å².